The summed E-state index contributed by atoms with van der Waals surface area (Å²) in [7, 11) is 1.66. The molecular weight excluding hydrogens is 240 g/mol. The molecule has 1 aromatic carbocycles. The molecule has 0 saturated heterocycles. The molecule has 0 aliphatic heterocycles. The van der Waals surface area contributed by atoms with Crippen molar-refractivity contribution in [2.45, 2.75) is 13.8 Å². The molecule has 0 N–H and O–H groups in total. The lowest BCUT2D eigenvalue weighted by atomic mass is 10.1. The van der Waals surface area contributed by atoms with Crippen molar-refractivity contribution in [3.05, 3.63) is 28.2 Å². The number of hydrogen-bond acceptors (Lipinski definition) is 1. The molecule has 74 valence electrons. The van der Waals surface area contributed by atoms with Gasteiger partial charge in [-0.15, -0.1) is 0 Å². The Hall–Kier alpha value is -0.940. The van der Waals surface area contributed by atoms with Gasteiger partial charge in [0.2, 0.25) is 0 Å². The molecule has 1 aromatic rings. The van der Waals surface area contributed by atoms with Crippen molar-refractivity contribution in [3.8, 4) is 17.6 Å². The summed E-state index contributed by atoms with van der Waals surface area (Å²) in [5, 5.41) is 0. The van der Waals surface area contributed by atoms with Crippen molar-refractivity contribution in [1.82, 2.24) is 0 Å². The highest BCUT2D eigenvalue weighted by atomic mass is 79.9. The third kappa shape index (κ3) is 2.78. The Morgan fingerprint density at radius 2 is 2.07 bits per heavy atom. The molecule has 0 radical (unpaired) electrons. The van der Waals surface area contributed by atoms with Crippen LogP contribution in [-0.2, 0) is 0 Å². The second-order valence-electron chi connectivity index (χ2n) is 3.24. The monoisotopic (exact) mass is 252 g/mol. The maximum atomic E-state index is 5.23. The van der Waals surface area contributed by atoms with Gasteiger partial charge in [0, 0.05) is 10.4 Å². The molecular formula is C12H13BrO. The number of hydrogen-bond donors (Lipinski definition) is 0. The van der Waals surface area contributed by atoms with Gasteiger partial charge in [-0.3, -0.25) is 0 Å². The number of ether oxygens (including phenoxy) is 1. The van der Waals surface area contributed by atoms with Gasteiger partial charge in [-0.25, -0.2) is 0 Å². The molecule has 0 aliphatic rings. The topological polar surface area (TPSA) is 9.23 Å². The van der Waals surface area contributed by atoms with Gasteiger partial charge in [0.25, 0.3) is 0 Å². The summed E-state index contributed by atoms with van der Waals surface area (Å²) in [5.41, 5.74) is 0.920. The van der Waals surface area contributed by atoms with Crippen molar-refractivity contribution in [1.29, 1.82) is 0 Å². The maximum Gasteiger partial charge on any atom is 0.135 e. The molecule has 2 heteroatoms. The summed E-state index contributed by atoms with van der Waals surface area (Å²) in [4.78, 5) is 0. The minimum Gasteiger partial charge on any atom is -0.495 e. The highest BCUT2D eigenvalue weighted by Gasteiger charge is 2.03. The first kappa shape index (κ1) is 11.1. The molecule has 1 rings (SSSR count). The summed E-state index contributed by atoms with van der Waals surface area (Å²) < 4.78 is 6.20. The van der Waals surface area contributed by atoms with Gasteiger partial charge in [0.05, 0.1) is 12.7 Å². The molecule has 0 heterocycles. The van der Waals surface area contributed by atoms with E-state index in [1.54, 1.807) is 7.11 Å². The van der Waals surface area contributed by atoms with Crippen molar-refractivity contribution in [3.63, 3.8) is 0 Å². The fourth-order valence-corrected chi connectivity index (χ4v) is 1.46. The molecule has 0 spiro atoms. The highest BCUT2D eigenvalue weighted by Crippen LogP contribution is 2.25. The Morgan fingerprint density at radius 1 is 1.36 bits per heavy atom. The van der Waals surface area contributed by atoms with Crippen LogP contribution in [0.2, 0.25) is 0 Å². The molecule has 0 aliphatic carbocycles. The molecule has 0 saturated carbocycles. The summed E-state index contributed by atoms with van der Waals surface area (Å²) in [6.45, 7) is 4.13. The highest BCUT2D eigenvalue weighted by molar-refractivity contribution is 9.10. The average Bonchev–Trinajstić information content (AvgIpc) is 2.15. The quantitative estimate of drug-likeness (QED) is 0.696. The second-order valence-corrected chi connectivity index (χ2v) is 4.10. The van der Waals surface area contributed by atoms with Gasteiger partial charge in [0.1, 0.15) is 5.75 Å². The lowest BCUT2D eigenvalue weighted by molar-refractivity contribution is 0.413. The summed E-state index contributed by atoms with van der Waals surface area (Å²) in [6.07, 6.45) is 0. The van der Waals surface area contributed by atoms with E-state index in [1.165, 1.54) is 0 Å². The summed E-state index contributed by atoms with van der Waals surface area (Å²) in [6, 6.07) is 5.81. The van der Waals surface area contributed by atoms with E-state index < -0.39 is 0 Å². The van der Waals surface area contributed by atoms with Crippen LogP contribution in [0.5, 0.6) is 5.75 Å². The maximum absolute atomic E-state index is 5.23. The van der Waals surface area contributed by atoms with E-state index in [-0.39, 0.29) is 0 Å². The minimum absolute atomic E-state index is 0.367. The van der Waals surface area contributed by atoms with E-state index in [0.29, 0.717) is 5.92 Å². The third-order valence-corrected chi connectivity index (χ3v) is 2.34. The molecule has 0 atom stereocenters. The zero-order valence-electron chi connectivity index (χ0n) is 8.60. The van der Waals surface area contributed by atoms with E-state index in [0.717, 1.165) is 15.8 Å². The standard InChI is InChI=1S/C12H13BrO/c1-9(2)7-8-10-11(13)5-4-6-12(10)14-3/h4-6,9H,1-3H3. The van der Waals surface area contributed by atoms with E-state index >= 15 is 0 Å². The molecule has 0 fully saturated rings. The minimum atomic E-state index is 0.367. The smallest absolute Gasteiger partial charge is 0.135 e. The lowest BCUT2D eigenvalue weighted by Gasteiger charge is -2.04. The predicted molar refractivity (Wildman–Crippen MR) is 62.4 cm³/mol. The molecule has 14 heavy (non-hydrogen) atoms. The summed E-state index contributed by atoms with van der Waals surface area (Å²) >= 11 is 3.46. The van der Waals surface area contributed by atoms with Crippen LogP contribution >= 0.6 is 15.9 Å². The van der Waals surface area contributed by atoms with Crippen molar-refractivity contribution >= 4 is 15.9 Å². The van der Waals surface area contributed by atoms with E-state index in [9.17, 15) is 0 Å². The zero-order chi connectivity index (χ0) is 10.6. The number of benzene rings is 1. The van der Waals surface area contributed by atoms with Crippen molar-refractivity contribution in [2.24, 2.45) is 5.92 Å². The Bertz CT molecular complexity index is 372. The Morgan fingerprint density at radius 3 is 2.64 bits per heavy atom. The molecule has 0 bridgehead atoms. The van der Waals surface area contributed by atoms with Crippen LogP contribution in [0.4, 0.5) is 0 Å². The van der Waals surface area contributed by atoms with Crippen LogP contribution in [0, 0.1) is 17.8 Å². The predicted octanol–water partition coefficient (Wildman–Crippen LogP) is 3.47. The number of methoxy groups -OCH3 is 1. The first-order chi connectivity index (χ1) is 6.65. The van der Waals surface area contributed by atoms with E-state index in [4.69, 9.17) is 4.74 Å². The fourth-order valence-electron chi connectivity index (χ4n) is 1.01. The number of halogens is 1. The van der Waals surface area contributed by atoms with Crippen LogP contribution in [0.25, 0.3) is 0 Å². The second kappa shape index (κ2) is 5.07. The Labute approximate surface area is 93.6 Å². The first-order valence-corrected chi connectivity index (χ1v) is 5.28. The van der Waals surface area contributed by atoms with Crippen LogP contribution in [-0.4, -0.2) is 7.11 Å². The first-order valence-electron chi connectivity index (χ1n) is 4.49. The zero-order valence-corrected chi connectivity index (χ0v) is 10.2. The van der Waals surface area contributed by atoms with Gasteiger partial charge in [-0.2, -0.15) is 0 Å². The van der Waals surface area contributed by atoms with Crippen LogP contribution in [0.3, 0.4) is 0 Å². The van der Waals surface area contributed by atoms with Crippen molar-refractivity contribution < 1.29 is 4.74 Å². The lowest BCUT2D eigenvalue weighted by Crippen LogP contribution is -1.89. The summed E-state index contributed by atoms with van der Waals surface area (Å²) in [5.74, 6) is 7.41. The van der Waals surface area contributed by atoms with E-state index in [1.807, 2.05) is 18.2 Å². The van der Waals surface area contributed by atoms with Crippen molar-refractivity contribution in [2.75, 3.05) is 7.11 Å². The average molecular weight is 253 g/mol. The van der Waals surface area contributed by atoms with Gasteiger partial charge in [-0.05, 0) is 28.1 Å². The molecule has 0 unspecified atom stereocenters. The van der Waals surface area contributed by atoms with Gasteiger partial charge >= 0.3 is 0 Å². The van der Waals surface area contributed by atoms with Gasteiger partial charge < -0.3 is 4.74 Å². The van der Waals surface area contributed by atoms with Gasteiger partial charge in [0.15, 0.2) is 0 Å². The largest absolute Gasteiger partial charge is 0.495 e. The Kier molecular flexibility index (Phi) is 4.03. The Balaban J connectivity index is 3.13. The van der Waals surface area contributed by atoms with Crippen LogP contribution in [0.1, 0.15) is 19.4 Å². The fraction of sp³-hybridized carbons (Fsp3) is 0.333. The molecule has 0 amide bonds. The van der Waals surface area contributed by atoms with Crippen LogP contribution in [0.15, 0.2) is 22.7 Å². The third-order valence-electron chi connectivity index (χ3n) is 1.68. The number of rotatable bonds is 1. The van der Waals surface area contributed by atoms with E-state index in [2.05, 4.69) is 41.6 Å². The normalized spacial score (nSPS) is 9.50. The molecule has 0 aromatic heterocycles. The SMILES string of the molecule is COc1cccc(Br)c1C#CC(C)C. The molecule has 1 nitrogen and oxygen atoms in total. The van der Waals surface area contributed by atoms with Gasteiger partial charge in [-0.1, -0.05) is 31.8 Å². The van der Waals surface area contributed by atoms with Crippen LogP contribution < -0.4 is 4.74 Å².